The third-order valence-electron chi connectivity index (χ3n) is 2.99. The Morgan fingerprint density at radius 3 is 2.63 bits per heavy atom. The topological polar surface area (TPSA) is 21.3 Å². The SMILES string of the molecule is CNC(Cc1ccc(OC)c(Br)c1)c1csc(Br)c1. The maximum atomic E-state index is 5.25. The lowest BCUT2D eigenvalue weighted by Crippen LogP contribution is -2.18. The Bertz CT molecular complexity index is 556. The first-order chi connectivity index (χ1) is 9.13. The Labute approximate surface area is 134 Å². The number of likely N-dealkylation sites (N-methyl/N-ethyl adjacent to an activating group) is 1. The van der Waals surface area contributed by atoms with Crippen molar-refractivity contribution in [2.24, 2.45) is 0 Å². The number of methoxy groups -OCH3 is 1. The molecular weight excluding hydrogens is 390 g/mol. The van der Waals surface area contributed by atoms with Crippen LogP contribution in [0.15, 0.2) is 37.9 Å². The summed E-state index contributed by atoms with van der Waals surface area (Å²) >= 11 is 8.76. The Balaban J connectivity index is 2.16. The van der Waals surface area contributed by atoms with Crippen molar-refractivity contribution in [2.75, 3.05) is 14.2 Å². The number of halogens is 2. The van der Waals surface area contributed by atoms with Crippen LogP contribution in [0.2, 0.25) is 0 Å². The second kappa shape index (κ2) is 6.88. The van der Waals surface area contributed by atoms with Crippen LogP contribution >= 0.6 is 43.2 Å². The molecule has 0 bridgehead atoms. The van der Waals surface area contributed by atoms with Gasteiger partial charge < -0.3 is 10.1 Å². The van der Waals surface area contributed by atoms with E-state index in [4.69, 9.17) is 4.74 Å². The van der Waals surface area contributed by atoms with Crippen molar-refractivity contribution in [2.45, 2.75) is 12.5 Å². The number of ether oxygens (including phenoxy) is 1. The van der Waals surface area contributed by atoms with Gasteiger partial charge in [0.15, 0.2) is 0 Å². The van der Waals surface area contributed by atoms with Crippen LogP contribution in [0.1, 0.15) is 17.2 Å². The second-order valence-electron chi connectivity index (χ2n) is 4.20. The van der Waals surface area contributed by atoms with Crippen molar-refractivity contribution in [1.82, 2.24) is 5.32 Å². The molecule has 0 aliphatic heterocycles. The van der Waals surface area contributed by atoms with Gasteiger partial charge in [-0.25, -0.2) is 0 Å². The van der Waals surface area contributed by atoms with Crippen molar-refractivity contribution >= 4 is 43.2 Å². The molecule has 0 fully saturated rings. The molecule has 1 aromatic carbocycles. The highest BCUT2D eigenvalue weighted by molar-refractivity contribution is 9.11. The molecule has 1 unspecified atom stereocenters. The van der Waals surface area contributed by atoms with E-state index in [2.05, 4.69) is 60.8 Å². The van der Waals surface area contributed by atoms with Crippen LogP contribution in [0.4, 0.5) is 0 Å². The molecule has 1 N–H and O–H groups in total. The van der Waals surface area contributed by atoms with Gasteiger partial charge in [-0.1, -0.05) is 6.07 Å². The quantitative estimate of drug-likeness (QED) is 0.773. The van der Waals surface area contributed by atoms with E-state index in [0.717, 1.165) is 16.6 Å². The molecule has 102 valence electrons. The molecule has 1 aromatic heterocycles. The maximum absolute atomic E-state index is 5.25. The Kier molecular flexibility index (Phi) is 5.45. The lowest BCUT2D eigenvalue weighted by Gasteiger charge is -2.15. The zero-order valence-corrected chi connectivity index (χ0v) is 14.7. The molecule has 2 rings (SSSR count). The van der Waals surface area contributed by atoms with Crippen LogP contribution in [-0.4, -0.2) is 14.2 Å². The molecule has 5 heteroatoms. The van der Waals surface area contributed by atoms with Crippen molar-refractivity contribution in [1.29, 1.82) is 0 Å². The Morgan fingerprint density at radius 2 is 2.11 bits per heavy atom. The minimum absolute atomic E-state index is 0.322. The fourth-order valence-corrected chi connectivity index (χ4v) is 3.78. The summed E-state index contributed by atoms with van der Waals surface area (Å²) in [5.41, 5.74) is 2.58. The number of nitrogens with one attached hydrogen (secondary N) is 1. The molecule has 2 nitrogen and oxygen atoms in total. The molecule has 19 heavy (non-hydrogen) atoms. The highest BCUT2D eigenvalue weighted by Gasteiger charge is 2.12. The van der Waals surface area contributed by atoms with Crippen molar-refractivity contribution in [3.05, 3.63) is 49.0 Å². The molecule has 0 aliphatic rings. The van der Waals surface area contributed by atoms with E-state index in [1.165, 1.54) is 14.9 Å². The summed E-state index contributed by atoms with van der Waals surface area (Å²) in [6, 6.07) is 8.71. The smallest absolute Gasteiger partial charge is 0.133 e. The molecule has 0 aliphatic carbocycles. The van der Waals surface area contributed by atoms with Crippen LogP contribution in [0, 0.1) is 0 Å². The molecule has 0 saturated heterocycles. The van der Waals surface area contributed by atoms with Gasteiger partial charge in [0.2, 0.25) is 0 Å². The summed E-state index contributed by atoms with van der Waals surface area (Å²) < 4.78 is 7.41. The van der Waals surface area contributed by atoms with Crippen LogP contribution in [0.5, 0.6) is 5.75 Å². The Morgan fingerprint density at radius 1 is 1.32 bits per heavy atom. The van der Waals surface area contributed by atoms with E-state index in [-0.39, 0.29) is 0 Å². The standard InChI is InChI=1S/C14H15Br2NOS/c1-17-12(10-7-14(16)19-8-10)6-9-3-4-13(18-2)11(15)5-9/h3-5,7-8,12,17H,6H2,1-2H3. The molecule has 0 spiro atoms. The van der Waals surface area contributed by atoms with Gasteiger partial charge >= 0.3 is 0 Å². The third-order valence-corrected chi connectivity index (χ3v) is 5.14. The van der Waals surface area contributed by atoms with Crippen LogP contribution < -0.4 is 10.1 Å². The van der Waals surface area contributed by atoms with E-state index in [0.29, 0.717) is 6.04 Å². The molecule has 1 heterocycles. The number of thiophene rings is 1. The van der Waals surface area contributed by atoms with Crippen molar-refractivity contribution < 1.29 is 4.74 Å². The maximum Gasteiger partial charge on any atom is 0.133 e. The highest BCUT2D eigenvalue weighted by Crippen LogP contribution is 2.30. The van der Waals surface area contributed by atoms with E-state index in [9.17, 15) is 0 Å². The van der Waals surface area contributed by atoms with E-state index in [1.54, 1.807) is 18.4 Å². The van der Waals surface area contributed by atoms with Crippen LogP contribution in [0.25, 0.3) is 0 Å². The number of hydrogen-bond donors (Lipinski definition) is 1. The van der Waals surface area contributed by atoms with E-state index < -0.39 is 0 Å². The lowest BCUT2D eigenvalue weighted by molar-refractivity contribution is 0.412. The monoisotopic (exact) mass is 403 g/mol. The minimum Gasteiger partial charge on any atom is -0.496 e. The van der Waals surface area contributed by atoms with Crippen molar-refractivity contribution in [3.63, 3.8) is 0 Å². The largest absolute Gasteiger partial charge is 0.496 e. The molecule has 1 atom stereocenters. The predicted octanol–water partition coefficient (Wildman–Crippen LogP) is 4.78. The van der Waals surface area contributed by atoms with Gasteiger partial charge in [0.05, 0.1) is 15.4 Å². The summed E-state index contributed by atoms with van der Waals surface area (Å²) in [7, 11) is 3.67. The zero-order valence-electron chi connectivity index (χ0n) is 10.7. The van der Waals surface area contributed by atoms with Crippen molar-refractivity contribution in [3.8, 4) is 5.75 Å². The predicted molar refractivity (Wildman–Crippen MR) is 88.2 cm³/mol. The van der Waals surface area contributed by atoms with Gasteiger partial charge in [-0.15, -0.1) is 11.3 Å². The molecule has 2 aromatic rings. The van der Waals surface area contributed by atoms with Gasteiger partial charge in [-0.2, -0.15) is 0 Å². The zero-order chi connectivity index (χ0) is 13.8. The normalized spacial score (nSPS) is 12.4. The summed E-state index contributed by atoms with van der Waals surface area (Å²) in [6.07, 6.45) is 0.947. The third kappa shape index (κ3) is 3.81. The first-order valence-corrected chi connectivity index (χ1v) is 8.34. The average Bonchev–Trinajstić information content (AvgIpc) is 2.82. The summed E-state index contributed by atoms with van der Waals surface area (Å²) in [4.78, 5) is 0. The van der Waals surface area contributed by atoms with E-state index >= 15 is 0 Å². The van der Waals surface area contributed by atoms with Gasteiger partial charge in [-0.3, -0.25) is 0 Å². The molecule has 0 saturated carbocycles. The minimum atomic E-state index is 0.322. The first-order valence-electron chi connectivity index (χ1n) is 5.87. The molecule has 0 amide bonds. The van der Waals surface area contributed by atoms with Crippen LogP contribution in [-0.2, 0) is 6.42 Å². The van der Waals surface area contributed by atoms with E-state index in [1.807, 2.05) is 13.1 Å². The van der Waals surface area contributed by atoms with Gasteiger partial charge in [0, 0.05) is 6.04 Å². The van der Waals surface area contributed by atoms with Gasteiger partial charge in [-0.05, 0) is 80.0 Å². The lowest BCUT2D eigenvalue weighted by atomic mass is 10.0. The van der Waals surface area contributed by atoms with Crippen LogP contribution in [0.3, 0.4) is 0 Å². The number of rotatable bonds is 5. The second-order valence-corrected chi connectivity index (χ2v) is 7.34. The Hall–Kier alpha value is -0.360. The number of benzene rings is 1. The average molecular weight is 405 g/mol. The van der Waals surface area contributed by atoms with Gasteiger partial charge in [0.25, 0.3) is 0 Å². The summed E-state index contributed by atoms with van der Waals surface area (Å²) in [5.74, 6) is 0.864. The van der Waals surface area contributed by atoms with Gasteiger partial charge in [0.1, 0.15) is 5.75 Å². The summed E-state index contributed by atoms with van der Waals surface area (Å²) in [6.45, 7) is 0. The fourth-order valence-electron chi connectivity index (χ4n) is 1.97. The first kappa shape index (κ1) is 15.0. The fraction of sp³-hybridized carbons (Fsp3) is 0.286. The number of hydrogen-bond acceptors (Lipinski definition) is 3. The molecular formula is C14H15Br2NOS. The molecule has 0 radical (unpaired) electrons. The highest BCUT2D eigenvalue weighted by atomic mass is 79.9. The summed E-state index contributed by atoms with van der Waals surface area (Å²) in [5, 5.41) is 5.55.